The Balaban J connectivity index is 1.62. The van der Waals surface area contributed by atoms with Crippen molar-refractivity contribution in [2.24, 2.45) is 0 Å². The first kappa shape index (κ1) is 17.0. The molecule has 130 valence electrons. The third kappa shape index (κ3) is 3.42. The van der Waals surface area contributed by atoms with Gasteiger partial charge in [0.15, 0.2) is 0 Å². The third-order valence-corrected chi connectivity index (χ3v) is 4.82. The van der Waals surface area contributed by atoms with Crippen molar-refractivity contribution in [3.63, 3.8) is 0 Å². The van der Waals surface area contributed by atoms with E-state index in [2.05, 4.69) is 68.1 Å². The average molecular weight is 427 g/mol. The standard InChI is InChI=1S/C18H15BrN6S/c1-12-4-2-5-13(8-12)11-24-22-17(21-23-24)16-10-20-25(18(16)26)15-7-3-6-14(19)9-15/h2-10,26H,11H2,1H3. The van der Waals surface area contributed by atoms with Crippen LogP contribution in [0.2, 0.25) is 0 Å². The molecule has 0 aliphatic heterocycles. The number of tetrazole rings is 1. The zero-order valence-electron chi connectivity index (χ0n) is 13.9. The summed E-state index contributed by atoms with van der Waals surface area (Å²) in [6.45, 7) is 2.63. The first-order valence-corrected chi connectivity index (χ1v) is 9.21. The highest BCUT2D eigenvalue weighted by molar-refractivity contribution is 9.10. The number of halogens is 1. The molecule has 0 bridgehead atoms. The zero-order chi connectivity index (χ0) is 18.1. The number of rotatable bonds is 4. The Labute approximate surface area is 164 Å². The molecule has 0 aliphatic rings. The van der Waals surface area contributed by atoms with E-state index in [-0.39, 0.29) is 0 Å². The van der Waals surface area contributed by atoms with Crippen molar-refractivity contribution in [1.29, 1.82) is 0 Å². The van der Waals surface area contributed by atoms with Crippen LogP contribution in [0.25, 0.3) is 17.1 Å². The lowest BCUT2D eigenvalue weighted by atomic mass is 10.1. The molecule has 0 amide bonds. The maximum Gasteiger partial charge on any atom is 0.209 e. The molecule has 0 N–H and O–H groups in total. The predicted octanol–water partition coefficient (Wildman–Crippen LogP) is 3.93. The molecule has 0 spiro atoms. The maximum atomic E-state index is 4.61. The normalized spacial score (nSPS) is 11.0. The Kier molecular flexibility index (Phi) is 4.60. The molecule has 0 fully saturated rings. The Bertz CT molecular complexity index is 1070. The first-order chi connectivity index (χ1) is 12.6. The van der Waals surface area contributed by atoms with Gasteiger partial charge in [-0.3, -0.25) is 0 Å². The van der Waals surface area contributed by atoms with Crippen LogP contribution in [0.5, 0.6) is 0 Å². The SMILES string of the molecule is Cc1cccc(Cn2nnc(-c3cnn(-c4cccc(Br)c4)c3S)n2)c1. The molecule has 4 aromatic rings. The number of benzene rings is 2. The molecule has 2 aromatic carbocycles. The summed E-state index contributed by atoms with van der Waals surface area (Å²) in [5, 5.41) is 17.9. The van der Waals surface area contributed by atoms with Crippen molar-refractivity contribution in [1.82, 2.24) is 30.0 Å². The molecule has 2 heterocycles. The fourth-order valence-electron chi connectivity index (χ4n) is 2.69. The topological polar surface area (TPSA) is 61.4 Å². The molecule has 26 heavy (non-hydrogen) atoms. The Morgan fingerprint density at radius 1 is 1.12 bits per heavy atom. The summed E-state index contributed by atoms with van der Waals surface area (Å²) in [4.78, 5) is 1.58. The molecule has 4 rings (SSSR count). The van der Waals surface area contributed by atoms with Gasteiger partial charge in [-0.2, -0.15) is 9.90 Å². The van der Waals surface area contributed by atoms with Gasteiger partial charge in [-0.15, -0.1) is 22.8 Å². The summed E-state index contributed by atoms with van der Waals surface area (Å²) in [7, 11) is 0. The van der Waals surface area contributed by atoms with Crippen LogP contribution in [0.3, 0.4) is 0 Å². The Morgan fingerprint density at radius 2 is 1.96 bits per heavy atom. The number of thiol groups is 1. The van der Waals surface area contributed by atoms with E-state index in [1.54, 1.807) is 15.7 Å². The van der Waals surface area contributed by atoms with Crippen molar-refractivity contribution in [3.05, 3.63) is 70.3 Å². The van der Waals surface area contributed by atoms with E-state index in [1.165, 1.54) is 5.56 Å². The number of nitrogens with zero attached hydrogens (tertiary/aromatic N) is 6. The summed E-state index contributed by atoms with van der Waals surface area (Å²) >= 11 is 8.08. The van der Waals surface area contributed by atoms with E-state index in [4.69, 9.17) is 0 Å². The van der Waals surface area contributed by atoms with Crippen molar-refractivity contribution in [2.75, 3.05) is 0 Å². The lowest BCUT2D eigenvalue weighted by molar-refractivity contribution is 0.572. The van der Waals surface area contributed by atoms with E-state index in [0.29, 0.717) is 17.4 Å². The molecule has 0 unspecified atom stereocenters. The van der Waals surface area contributed by atoms with E-state index >= 15 is 0 Å². The van der Waals surface area contributed by atoms with Crippen LogP contribution in [0.4, 0.5) is 0 Å². The van der Waals surface area contributed by atoms with Gasteiger partial charge in [0.1, 0.15) is 5.03 Å². The van der Waals surface area contributed by atoms with Crippen LogP contribution in [-0.2, 0) is 6.54 Å². The molecule has 6 nitrogen and oxygen atoms in total. The third-order valence-electron chi connectivity index (χ3n) is 3.90. The lowest BCUT2D eigenvalue weighted by Crippen LogP contribution is -2.04. The molecule has 0 saturated heterocycles. The Hall–Kier alpha value is -2.45. The number of aromatic nitrogens is 6. The summed E-state index contributed by atoms with van der Waals surface area (Å²) in [6, 6.07) is 16.1. The van der Waals surface area contributed by atoms with E-state index in [0.717, 1.165) is 21.3 Å². The molecular weight excluding hydrogens is 412 g/mol. The second-order valence-corrected chi connectivity index (χ2v) is 7.25. The van der Waals surface area contributed by atoms with Crippen LogP contribution < -0.4 is 0 Å². The molecule has 0 aliphatic carbocycles. The summed E-state index contributed by atoms with van der Waals surface area (Å²) in [5.41, 5.74) is 3.98. The van der Waals surface area contributed by atoms with Gasteiger partial charge in [-0.25, -0.2) is 4.68 Å². The zero-order valence-corrected chi connectivity index (χ0v) is 16.4. The number of hydrogen-bond acceptors (Lipinski definition) is 5. The van der Waals surface area contributed by atoms with Crippen LogP contribution in [0.15, 0.2) is 64.2 Å². The molecular formula is C18H15BrN6S. The van der Waals surface area contributed by atoms with E-state index < -0.39 is 0 Å². The molecule has 8 heteroatoms. The van der Waals surface area contributed by atoms with Gasteiger partial charge < -0.3 is 0 Å². The molecule has 0 atom stereocenters. The van der Waals surface area contributed by atoms with Gasteiger partial charge in [-0.05, 0) is 35.9 Å². The van der Waals surface area contributed by atoms with Crippen molar-refractivity contribution in [3.8, 4) is 17.1 Å². The summed E-state index contributed by atoms with van der Waals surface area (Å²) in [6.07, 6.45) is 1.71. The van der Waals surface area contributed by atoms with Crippen LogP contribution >= 0.6 is 28.6 Å². The van der Waals surface area contributed by atoms with Gasteiger partial charge in [0.25, 0.3) is 0 Å². The van der Waals surface area contributed by atoms with Gasteiger partial charge in [0.05, 0.1) is 24.0 Å². The highest BCUT2D eigenvalue weighted by Crippen LogP contribution is 2.26. The maximum absolute atomic E-state index is 4.61. The highest BCUT2D eigenvalue weighted by atomic mass is 79.9. The second-order valence-electron chi connectivity index (χ2n) is 5.91. The minimum Gasteiger partial charge on any atom is -0.227 e. The smallest absolute Gasteiger partial charge is 0.209 e. The largest absolute Gasteiger partial charge is 0.227 e. The van der Waals surface area contributed by atoms with Gasteiger partial charge >= 0.3 is 0 Å². The van der Waals surface area contributed by atoms with Crippen LogP contribution in [0, 0.1) is 6.92 Å². The van der Waals surface area contributed by atoms with Gasteiger partial charge in [-0.1, -0.05) is 51.8 Å². The van der Waals surface area contributed by atoms with Crippen LogP contribution in [-0.4, -0.2) is 30.0 Å². The number of aryl methyl sites for hydroxylation is 1. The van der Waals surface area contributed by atoms with Gasteiger partial charge in [0.2, 0.25) is 5.82 Å². The fourth-order valence-corrected chi connectivity index (χ4v) is 3.40. The highest BCUT2D eigenvalue weighted by Gasteiger charge is 2.15. The quantitative estimate of drug-likeness (QED) is 0.502. The van der Waals surface area contributed by atoms with E-state index in [1.807, 2.05) is 36.4 Å². The molecule has 2 aromatic heterocycles. The molecule has 0 saturated carbocycles. The van der Waals surface area contributed by atoms with Crippen molar-refractivity contribution in [2.45, 2.75) is 18.5 Å². The monoisotopic (exact) mass is 426 g/mol. The lowest BCUT2D eigenvalue weighted by Gasteiger charge is -2.04. The predicted molar refractivity (Wildman–Crippen MR) is 106 cm³/mol. The minimum atomic E-state index is 0.504. The van der Waals surface area contributed by atoms with Crippen LogP contribution in [0.1, 0.15) is 11.1 Å². The van der Waals surface area contributed by atoms with Crippen molar-refractivity contribution < 1.29 is 0 Å². The number of hydrogen-bond donors (Lipinski definition) is 1. The summed E-state index contributed by atoms with van der Waals surface area (Å²) < 4.78 is 2.71. The fraction of sp³-hybridized carbons (Fsp3) is 0.111. The average Bonchev–Trinajstić information content (AvgIpc) is 3.21. The summed E-state index contributed by atoms with van der Waals surface area (Å²) in [5.74, 6) is 0.504. The van der Waals surface area contributed by atoms with E-state index in [9.17, 15) is 0 Å². The first-order valence-electron chi connectivity index (χ1n) is 7.97. The Morgan fingerprint density at radius 3 is 2.77 bits per heavy atom. The van der Waals surface area contributed by atoms with Gasteiger partial charge in [0, 0.05) is 4.47 Å². The molecule has 0 radical (unpaired) electrons. The van der Waals surface area contributed by atoms with Crippen molar-refractivity contribution >= 4 is 28.6 Å². The second kappa shape index (κ2) is 7.05. The minimum absolute atomic E-state index is 0.504.